The molecule has 0 saturated carbocycles. The fraction of sp³-hybridized carbons (Fsp3) is 0.118. The van der Waals surface area contributed by atoms with Crippen molar-refractivity contribution in [2.24, 2.45) is 0 Å². The molecule has 4 nitrogen and oxygen atoms in total. The summed E-state index contributed by atoms with van der Waals surface area (Å²) in [6.07, 6.45) is 3.98. The summed E-state index contributed by atoms with van der Waals surface area (Å²) in [4.78, 5) is 30.2. The molecule has 0 unspecified atom stereocenters. The quantitative estimate of drug-likeness (QED) is 0.813. The molecule has 2 aromatic rings. The highest BCUT2D eigenvalue weighted by Crippen LogP contribution is 2.31. The summed E-state index contributed by atoms with van der Waals surface area (Å²) in [6, 6.07) is 15.3. The predicted octanol–water partition coefficient (Wildman–Crippen LogP) is 3.36. The van der Waals surface area contributed by atoms with Crippen molar-refractivity contribution in [2.45, 2.75) is 6.42 Å². The molecule has 1 aromatic heterocycles. The van der Waals surface area contributed by atoms with E-state index in [-0.39, 0.29) is 11.1 Å². The summed E-state index contributed by atoms with van der Waals surface area (Å²) in [5.74, 6) is -0.239. The fourth-order valence-corrected chi connectivity index (χ4v) is 3.02. The number of thioether (sulfide) groups is 1. The van der Waals surface area contributed by atoms with Gasteiger partial charge in [-0.15, -0.1) is 0 Å². The first kappa shape index (κ1) is 14.5. The van der Waals surface area contributed by atoms with Gasteiger partial charge < -0.3 is 0 Å². The minimum Gasteiger partial charge on any atom is -0.268 e. The summed E-state index contributed by atoms with van der Waals surface area (Å²) in [6.45, 7) is 0.397. The highest BCUT2D eigenvalue weighted by atomic mass is 32.2. The van der Waals surface area contributed by atoms with Gasteiger partial charge in [0.25, 0.3) is 11.1 Å². The third-order valence-corrected chi connectivity index (χ3v) is 4.21. The molecule has 1 saturated heterocycles. The van der Waals surface area contributed by atoms with Crippen molar-refractivity contribution < 1.29 is 9.59 Å². The Morgan fingerprint density at radius 1 is 1.05 bits per heavy atom. The van der Waals surface area contributed by atoms with Crippen LogP contribution in [0.1, 0.15) is 11.3 Å². The lowest BCUT2D eigenvalue weighted by molar-refractivity contribution is -0.122. The van der Waals surface area contributed by atoms with Crippen LogP contribution in [-0.4, -0.2) is 27.6 Å². The van der Waals surface area contributed by atoms with Gasteiger partial charge in [-0.3, -0.25) is 19.5 Å². The maximum absolute atomic E-state index is 12.3. The zero-order valence-corrected chi connectivity index (χ0v) is 12.6. The van der Waals surface area contributed by atoms with E-state index in [9.17, 15) is 9.59 Å². The van der Waals surface area contributed by atoms with Gasteiger partial charge in [-0.2, -0.15) is 0 Å². The normalized spacial score (nSPS) is 16.5. The summed E-state index contributed by atoms with van der Waals surface area (Å²) >= 11 is 0.970. The Morgan fingerprint density at radius 2 is 1.82 bits per heavy atom. The summed E-state index contributed by atoms with van der Waals surface area (Å²) in [7, 11) is 0. The summed E-state index contributed by atoms with van der Waals surface area (Å²) in [5.41, 5.74) is 1.78. The van der Waals surface area contributed by atoms with E-state index in [4.69, 9.17) is 0 Å². The lowest BCUT2D eigenvalue weighted by atomic mass is 10.1. The second kappa shape index (κ2) is 6.58. The molecule has 1 aliphatic heterocycles. The Hall–Kier alpha value is -2.40. The number of aromatic nitrogens is 1. The van der Waals surface area contributed by atoms with E-state index < -0.39 is 0 Å². The number of benzene rings is 1. The number of pyridine rings is 1. The highest BCUT2D eigenvalue weighted by molar-refractivity contribution is 8.18. The minimum absolute atomic E-state index is 0.219. The first-order chi connectivity index (χ1) is 10.7. The van der Waals surface area contributed by atoms with E-state index in [1.165, 1.54) is 4.90 Å². The van der Waals surface area contributed by atoms with Crippen molar-refractivity contribution in [3.63, 3.8) is 0 Å². The molecule has 0 spiro atoms. The Morgan fingerprint density at radius 3 is 2.55 bits per heavy atom. The number of nitrogens with zero attached hydrogens (tertiary/aromatic N) is 2. The van der Waals surface area contributed by atoms with E-state index in [2.05, 4.69) is 4.98 Å². The largest absolute Gasteiger partial charge is 0.293 e. The molecule has 0 radical (unpaired) electrons. The topological polar surface area (TPSA) is 50.3 Å². The fourth-order valence-electron chi connectivity index (χ4n) is 2.17. The van der Waals surface area contributed by atoms with Crippen LogP contribution in [0, 0.1) is 0 Å². The molecule has 0 atom stereocenters. The van der Waals surface area contributed by atoms with E-state index in [1.807, 2.05) is 42.5 Å². The zero-order chi connectivity index (χ0) is 15.4. The first-order valence-electron chi connectivity index (χ1n) is 6.94. The van der Waals surface area contributed by atoms with Gasteiger partial charge in [-0.25, -0.2) is 0 Å². The van der Waals surface area contributed by atoms with E-state index >= 15 is 0 Å². The monoisotopic (exact) mass is 310 g/mol. The van der Waals surface area contributed by atoms with Gasteiger partial charge in [0.2, 0.25) is 0 Å². The predicted molar refractivity (Wildman–Crippen MR) is 87.1 cm³/mol. The zero-order valence-electron chi connectivity index (χ0n) is 11.8. The molecule has 0 N–H and O–H groups in total. The molecular formula is C17H14N2O2S. The molecule has 2 heterocycles. The molecule has 0 aliphatic carbocycles. The van der Waals surface area contributed by atoms with Crippen molar-refractivity contribution in [3.05, 3.63) is 70.9 Å². The highest BCUT2D eigenvalue weighted by Gasteiger charge is 2.34. The van der Waals surface area contributed by atoms with Gasteiger partial charge >= 0.3 is 0 Å². The number of amides is 2. The lowest BCUT2D eigenvalue weighted by Crippen LogP contribution is -2.30. The van der Waals surface area contributed by atoms with E-state index in [0.717, 1.165) is 17.3 Å². The molecule has 5 heteroatoms. The summed E-state index contributed by atoms with van der Waals surface area (Å²) < 4.78 is 0. The van der Waals surface area contributed by atoms with Crippen LogP contribution in [0.25, 0.3) is 6.08 Å². The molecular weight excluding hydrogens is 296 g/mol. The Balaban J connectivity index is 1.71. The van der Waals surface area contributed by atoms with Crippen LogP contribution < -0.4 is 0 Å². The van der Waals surface area contributed by atoms with Gasteiger partial charge in [-0.05, 0) is 42.0 Å². The summed E-state index contributed by atoms with van der Waals surface area (Å²) in [5, 5.41) is -0.219. The molecule has 2 amide bonds. The van der Waals surface area contributed by atoms with Gasteiger partial charge in [-0.1, -0.05) is 36.4 Å². The molecule has 22 heavy (non-hydrogen) atoms. The molecule has 1 aliphatic rings. The van der Waals surface area contributed by atoms with Crippen molar-refractivity contribution >= 4 is 29.0 Å². The van der Waals surface area contributed by atoms with Crippen molar-refractivity contribution in [2.75, 3.05) is 6.54 Å². The van der Waals surface area contributed by atoms with Crippen LogP contribution >= 0.6 is 11.8 Å². The SMILES string of the molecule is O=C1S/C(=C\c2ccccn2)C(=O)N1CCc1ccccc1. The third kappa shape index (κ3) is 3.26. The number of hydrogen-bond acceptors (Lipinski definition) is 4. The molecule has 110 valence electrons. The van der Waals surface area contributed by atoms with Crippen LogP contribution in [0.4, 0.5) is 4.79 Å². The van der Waals surface area contributed by atoms with Gasteiger partial charge in [0, 0.05) is 12.7 Å². The Bertz CT molecular complexity index is 714. The van der Waals surface area contributed by atoms with E-state index in [0.29, 0.717) is 23.6 Å². The Kier molecular flexibility index (Phi) is 4.34. The van der Waals surface area contributed by atoms with Crippen molar-refractivity contribution in [1.29, 1.82) is 0 Å². The van der Waals surface area contributed by atoms with Crippen LogP contribution in [0.2, 0.25) is 0 Å². The minimum atomic E-state index is -0.239. The second-order valence-electron chi connectivity index (χ2n) is 4.82. The van der Waals surface area contributed by atoms with Gasteiger partial charge in [0.05, 0.1) is 10.6 Å². The maximum atomic E-state index is 12.3. The molecule has 3 rings (SSSR count). The average Bonchev–Trinajstić information content (AvgIpc) is 2.81. The smallest absolute Gasteiger partial charge is 0.268 e. The van der Waals surface area contributed by atoms with Crippen LogP contribution in [0.5, 0.6) is 0 Å². The first-order valence-corrected chi connectivity index (χ1v) is 7.76. The number of carbonyl (C=O) groups is 2. The van der Waals surface area contributed by atoms with E-state index in [1.54, 1.807) is 18.3 Å². The van der Waals surface area contributed by atoms with Crippen LogP contribution in [0.3, 0.4) is 0 Å². The number of carbonyl (C=O) groups excluding carboxylic acids is 2. The van der Waals surface area contributed by atoms with Crippen LogP contribution in [-0.2, 0) is 11.2 Å². The maximum Gasteiger partial charge on any atom is 0.293 e. The molecule has 1 fully saturated rings. The molecule has 1 aromatic carbocycles. The van der Waals surface area contributed by atoms with Crippen molar-refractivity contribution in [3.8, 4) is 0 Å². The standard InChI is InChI=1S/C17H14N2O2S/c20-16-15(12-14-8-4-5-10-18-14)22-17(21)19(16)11-9-13-6-2-1-3-7-13/h1-8,10,12H,9,11H2/b15-12-. The number of imide groups is 1. The molecule has 0 bridgehead atoms. The third-order valence-electron chi connectivity index (χ3n) is 3.31. The van der Waals surface area contributed by atoms with Gasteiger partial charge in [0.1, 0.15) is 0 Å². The lowest BCUT2D eigenvalue weighted by Gasteiger charge is -2.12. The van der Waals surface area contributed by atoms with Crippen molar-refractivity contribution in [1.82, 2.24) is 9.88 Å². The van der Waals surface area contributed by atoms with Gasteiger partial charge in [0.15, 0.2) is 0 Å². The number of rotatable bonds is 4. The average molecular weight is 310 g/mol. The second-order valence-corrected chi connectivity index (χ2v) is 5.82. The number of hydrogen-bond donors (Lipinski definition) is 0. The van der Waals surface area contributed by atoms with Crippen LogP contribution in [0.15, 0.2) is 59.6 Å². The Labute approximate surface area is 132 Å².